The number of benzene rings is 1. The molecule has 0 heterocycles. The third-order valence-electron chi connectivity index (χ3n) is 3.40. The zero-order chi connectivity index (χ0) is 18.1. The molecule has 0 saturated carbocycles. The van der Waals surface area contributed by atoms with Crippen LogP contribution in [0.25, 0.3) is 0 Å². The Labute approximate surface area is 141 Å². The molecule has 0 fully saturated rings. The summed E-state index contributed by atoms with van der Waals surface area (Å²) < 4.78 is 9.39. The second-order valence-electron chi connectivity index (χ2n) is 5.33. The maximum atomic E-state index is 11.8. The number of hydrogen-bond acceptors (Lipinski definition) is 5. The first-order valence-electron chi connectivity index (χ1n) is 7.71. The van der Waals surface area contributed by atoms with Crippen molar-refractivity contribution in [3.63, 3.8) is 0 Å². The minimum atomic E-state index is -0.781. The van der Waals surface area contributed by atoms with Crippen LogP contribution >= 0.6 is 0 Å². The van der Waals surface area contributed by atoms with E-state index in [1.807, 2.05) is 39.0 Å². The van der Waals surface area contributed by atoms with Gasteiger partial charge in [0.05, 0.1) is 12.6 Å². The second-order valence-corrected chi connectivity index (χ2v) is 5.33. The molecule has 0 aliphatic heterocycles. The monoisotopic (exact) mass is 333 g/mol. The Morgan fingerprint density at radius 3 is 2.29 bits per heavy atom. The topological polar surface area (TPSA) is 81.7 Å². The third kappa shape index (κ3) is 6.64. The van der Waals surface area contributed by atoms with E-state index < -0.39 is 24.5 Å². The van der Waals surface area contributed by atoms with Gasteiger partial charge in [0.1, 0.15) is 0 Å². The van der Waals surface area contributed by atoms with E-state index in [9.17, 15) is 14.4 Å². The zero-order valence-corrected chi connectivity index (χ0v) is 14.4. The minimum absolute atomic E-state index is 0.203. The Morgan fingerprint density at radius 1 is 1.08 bits per heavy atom. The van der Waals surface area contributed by atoms with Gasteiger partial charge in [-0.1, -0.05) is 18.2 Å². The van der Waals surface area contributed by atoms with Crippen molar-refractivity contribution in [3.8, 4) is 0 Å². The molecule has 6 heteroatoms. The number of aryl methyl sites for hydroxylation is 2. The summed E-state index contributed by atoms with van der Waals surface area (Å²) in [5.41, 5.74) is 3.30. The third-order valence-corrected chi connectivity index (χ3v) is 3.40. The molecule has 1 amide bonds. The highest BCUT2D eigenvalue weighted by Crippen LogP contribution is 2.16. The molecule has 0 unspecified atom stereocenters. The first-order chi connectivity index (χ1) is 11.3. The molecule has 130 valence electrons. The molecule has 0 aliphatic carbocycles. The summed E-state index contributed by atoms with van der Waals surface area (Å²) in [4.78, 5) is 34.3. The predicted octanol–water partition coefficient (Wildman–Crippen LogP) is 2.14. The van der Waals surface area contributed by atoms with Crippen molar-refractivity contribution in [2.75, 3.05) is 13.2 Å². The van der Waals surface area contributed by atoms with Crippen molar-refractivity contribution in [1.29, 1.82) is 0 Å². The Balaban J connectivity index is 2.44. The first kappa shape index (κ1) is 19.4. The number of ether oxygens (including phenoxy) is 2. The Hall–Kier alpha value is -2.63. The average Bonchev–Trinajstić information content (AvgIpc) is 2.53. The molecule has 1 aromatic rings. The smallest absolute Gasteiger partial charge is 0.331 e. The lowest BCUT2D eigenvalue weighted by atomic mass is 10.0. The van der Waals surface area contributed by atoms with Crippen molar-refractivity contribution in [3.05, 3.63) is 47.0 Å². The van der Waals surface area contributed by atoms with Gasteiger partial charge in [-0.05, 0) is 44.4 Å². The number of carbonyl (C=O) groups is 3. The van der Waals surface area contributed by atoms with Crippen LogP contribution in [0.2, 0.25) is 0 Å². The number of esters is 2. The molecule has 0 spiro atoms. The SMILES string of the molecule is CCOC(=O)/C=C/C(=O)OCC(=O)N[C@@H](C)c1ccc(C)c(C)c1. The largest absolute Gasteiger partial charge is 0.463 e. The summed E-state index contributed by atoms with van der Waals surface area (Å²) in [5, 5.41) is 2.75. The van der Waals surface area contributed by atoms with Crippen molar-refractivity contribution in [1.82, 2.24) is 5.32 Å². The standard InChI is InChI=1S/C18H23NO5/c1-5-23-17(21)8-9-18(22)24-11-16(20)19-14(4)15-7-6-12(2)13(3)10-15/h6-10,14H,5,11H2,1-4H3,(H,19,20)/b9-8+/t14-/m0/s1. The lowest BCUT2D eigenvalue weighted by Gasteiger charge is -2.15. The van der Waals surface area contributed by atoms with Crippen LogP contribution in [0.3, 0.4) is 0 Å². The molecule has 1 rings (SSSR count). The number of carbonyl (C=O) groups excluding carboxylic acids is 3. The fourth-order valence-electron chi connectivity index (χ4n) is 1.91. The molecule has 24 heavy (non-hydrogen) atoms. The second kappa shape index (κ2) is 9.50. The van der Waals surface area contributed by atoms with Crippen molar-refractivity contribution >= 4 is 17.8 Å². The fourth-order valence-corrected chi connectivity index (χ4v) is 1.91. The summed E-state index contributed by atoms with van der Waals surface area (Å²) in [6.07, 6.45) is 1.89. The molecule has 0 bridgehead atoms. The van der Waals surface area contributed by atoms with Crippen LogP contribution in [0, 0.1) is 13.8 Å². The normalized spacial score (nSPS) is 11.8. The van der Waals surface area contributed by atoms with E-state index in [1.54, 1.807) is 6.92 Å². The number of nitrogens with one attached hydrogen (secondary N) is 1. The van der Waals surface area contributed by atoms with Gasteiger partial charge in [-0.3, -0.25) is 4.79 Å². The fraction of sp³-hybridized carbons (Fsp3) is 0.389. The van der Waals surface area contributed by atoms with Crippen LogP contribution in [0.4, 0.5) is 0 Å². The van der Waals surface area contributed by atoms with E-state index in [0.717, 1.165) is 23.3 Å². The van der Waals surface area contributed by atoms with E-state index in [1.165, 1.54) is 5.56 Å². The van der Waals surface area contributed by atoms with E-state index in [-0.39, 0.29) is 12.6 Å². The van der Waals surface area contributed by atoms with E-state index in [2.05, 4.69) is 10.1 Å². The molecular weight excluding hydrogens is 310 g/mol. The van der Waals surface area contributed by atoms with Gasteiger partial charge in [0.15, 0.2) is 6.61 Å². The van der Waals surface area contributed by atoms with E-state index >= 15 is 0 Å². The van der Waals surface area contributed by atoms with Gasteiger partial charge in [-0.15, -0.1) is 0 Å². The van der Waals surface area contributed by atoms with Crippen molar-refractivity contribution in [2.45, 2.75) is 33.7 Å². The Morgan fingerprint density at radius 2 is 1.71 bits per heavy atom. The molecule has 1 atom stereocenters. The van der Waals surface area contributed by atoms with Crippen LogP contribution in [-0.2, 0) is 23.9 Å². The quantitative estimate of drug-likeness (QED) is 0.611. The Kier molecular flexibility index (Phi) is 7.68. The average molecular weight is 333 g/mol. The summed E-state index contributed by atoms with van der Waals surface area (Å²) in [6.45, 7) is 7.34. The lowest BCUT2D eigenvalue weighted by molar-refractivity contribution is -0.144. The summed E-state index contributed by atoms with van der Waals surface area (Å²) in [5.74, 6) is -1.84. The summed E-state index contributed by atoms with van der Waals surface area (Å²) in [6, 6.07) is 5.74. The molecule has 0 saturated heterocycles. The van der Waals surface area contributed by atoms with Gasteiger partial charge in [0.25, 0.3) is 5.91 Å². The molecule has 0 aromatic heterocycles. The summed E-state index contributed by atoms with van der Waals surface area (Å²) in [7, 11) is 0. The van der Waals surface area contributed by atoms with Gasteiger partial charge in [0, 0.05) is 12.2 Å². The molecular formula is C18H23NO5. The highest BCUT2D eigenvalue weighted by molar-refractivity contribution is 5.92. The van der Waals surface area contributed by atoms with Crippen LogP contribution in [-0.4, -0.2) is 31.1 Å². The molecule has 1 aromatic carbocycles. The van der Waals surface area contributed by atoms with Crippen LogP contribution < -0.4 is 5.32 Å². The molecule has 1 N–H and O–H groups in total. The van der Waals surface area contributed by atoms with Crippen LogP contribution in [0.15, 0.2) is 30.4 Å². The van der Waals surface area contributed by atoms with Crippen molar-refractivity contribution < 1.29 is 23.9 Å². The summed E-state index contributed by atoms with van der Waals surface area (Å²) >= 11 is 0. The highest BCUT2D eigenvalue weighted by Gasteiger charge is 2.11. The van der Waals surface area contributed by atoms with Gasteiger partial charge in [-0.2, -0.15) is 0 Å². The predicted molar refractivity (Wildman–Crippen MR) is 89.2 cm³/mol. The number of rotatable bonds is 7. The molecule has 0 radical (unpaired) electrons. The maximum Gasteiger partial charge on any atom is 0.331 e. The highest BCUT2D eigenvalue weighted by atomic mass is 16.5. The number of hydrogen-bond donors (Lipinski definition) is 1. The van der Waals surface area contributed by atoms with Gasteiger partial charge in [0.2, 0.25) is 0 Å². The maximum absolute atomic E-state index is 11.8. The van der Waals surface area contributed by atoms with Crippen LogP contribution in [0.5, 0.6) is 0 Å². The van der Waals surface area contributed by atoms with Gasteiger partial charge < -0.3 is 14.8 Å². The number of amides is 1. The van der Waals surface area contributed by atoms with Gasteiger partial charge >= 0.3 is 11.9 Å². The van der Waals surface area contributed by atoms with Gasteiger partial charge in [-0.25, -0.2) is 9.59 Å². The minimum Gasteiger partial charge on any atom is -0.463 e. The van der Waals surface area contributed by atoms with E-state index in [4.69, 9.17) is 4.74 Å². The molecule has 6 nitrogen and oxygen atoms in total. The molecule has 0 aliphatic rings. The van der Waals surface area contributed by atoms with Crippen LogP contribution in [0.1, 0.15) is 36.6 Å². The van der Waals surface area contributed by atoms with Crippen molar-refractivity contribution in [2.24, 2.45) is 0 Å². The zero-order valence-electron chi connectivity index (χ0n) is 14.4. The van der Waals surface area contributed by atoms with E-state index in [0.29, 0.717) is 0 Å². The lowest BCUT2D eigenvalue weighted by Crippen LogP contribution is -2.31. The first-order valence-corrected chi connectivity index (χ1v) is 7.71. The Bertz CT molecular complexity index is 636.